The van der Waals surface area contributed by atoms with Crippen LogP contribution in [0.4, 0.5) is 10.1 Å². The summed E-state index contributed by atoms with van der Waals surface area (Å²) in [5.41, 5.74) is 0.851. The van der Waals surface area contributed by atoms with Gasteiger partial charge in [-0.3, -0.25) is 4.79 Å². The number of nitrogens with one attached hydrogen (secondary N) is 1. The molecule has 0 aliphatic carbocycles. The monoisotopic (exact) mass is 476 g/mol. The van der Waals surface area contributed by atoms with Gasteiger partial charge in [-0.1, -0.05) is 25.0 Å². The van der Waals surface area contributed by atoms with E-state index in [1.807, 2.05) is 0 Å². The Bertz CT molecular complexity index is 1230. The zero-order chi connectivity index (χ0) is 22.7. The van der Waals surface area contributed by atoms with Crippen LogP contribution in [0.2, 0.25) is 0 Å². The van der Waals surface area contributed by atoms with Crippen molar-refractivity contribution >= 4 is 43.0 Å². The molecule has 4 rings (SSSR count). The molecule has 6 nitrogen and oxygen atoms in total. The molecule has 3 aromatic rings. The van der Waals surface area contributed by atoms with Crippen molar-refractivity contribution in [3.05, 3.63) is 58.7 Å². The highest BCUT2D eigenvalue weighted by Gasteiger charge is 2.26. The quantitative estimate of drug-likeness (QED) is 0.543. The van der Waals surface area contributed by atoms with Crippen LogP contribution in [0.15, 0.2) is 47.4 Å². The van der Waals surface area contributed by atoms with Crippen molar-refractivity contribution in [1.29, 1.82) is 0 Å². The average Bonchev–Trinajstić information content (AvgIpc) is 2.95. The van der Waals surface area contributed by atoms with E-state index < -0.39 is 21.7 Å². The standard InChI is InChI=1S/C23H25FN2O4S2/c1-30-15-18-21-19(24)10-7-11-20(21)31-22(18)23(27)25-16-8-6-9-17(14-16)32(28,29)26-12-4-2-3-5-13-26/h6-11,14H,2-5,12-13,15H2,1H3,(H,25,27). The highest BCUT2D eigenvalue weighted by molar-refractivity contribution is 7.89. The highest BCUT2D eigenvalue weighted by Crippen LogP contribution is 2.34. The summed E-state index contributed by atoms with van der Waals surface area (Å²) in [6.45, 7) is 1.10. The molecule has 0 atom stereocenters. The van der Waals surface area contributed by atoms with E-state index in [1.54, 1.807) is 30.3 Å². The summed E-state index contributed by atoms with van der Waals surface area (Å²) in [7, 11) is -2.15. The van der Waals surface area contributed by atoms with Gasteiger partial charge in [0.15, 0.2) is 0 Å². The molecule has 0 radical (unpaired) electrons. The van der Waals surface area contributed by atoms with Gasteiger partial charge in [0.2, 0.25) is 10.0 Å². The summed E-state index contributed by atoms with van der Waals surface area (Å²) >= 11 is 1.18. The van der Waals surface area contributed by atoms with Crippen molar-refractivity contribution in [1.82, 2.24) is 4.31 Å². The predicted octanol–water partition coefficient (Wildman–Crippen LogP) is 5.00. The first-order valence-electron chi connectivity index (χ1n) is 10.5. The van der Waals surface area contributed by atoms with E-state index in [0.717, 1.165) is 25.7 Å². The fourth-order valence-corrected chi connectivity index (χ4v) is 6.67. The maximum atomic E-state index is 14.4. The molecule has 1 amide bonds. The molecule has 2 heterocycles. The third-order valence-corrected chi connectivity index (χ3v) is 8.64. The Morgan fingerprint density at radius 3 is 2.56 bits per heavy atom. The molecule has 0 saturated carbocycles. The molecule has 0 unspecified atom stereocenters. The second kappa shape index (κ2) is 9.66. The normalized spacial score (nSPS) is 15.6. The van der Waals surface area contributed by atoms with Crippen molar-refractivity contribution in [2.24, 2.45) is 0 Å². The van der Waals surface area contributed by atoms with E-state index in [1.165, 1.54) is 34.9 Å². The third kappa shape index (κ3) is 4.56. The SMILES string of the molecule is COCc1c(C(=O)Nc2cccc(S(=O)(=O)N3CCCCCC3)c2)sc2cccc(F)c12. The van der Waals surface area contributed by atoms with Crippen LogP contribution in [0.5, 0.6) is 0 Å². The van der Waals surface area contributed by atoms with E-state index in [4.69, 9.17) is 4.74 Å². The number of amides is 1. The Labute approximate surface area is 191 Å². The molecular formula is C23H25FN2O4S2. The fourth-order valence-electron chi connectivity index (χ4n) is 3.99. The van der Waals surface area contributed by atoms with Gasteiger partial charge in [-0.15, -0.1) is 11.3 Å². The van der Waals surface area contributed by atoms with E-state index in [2.05, 4.69) is 5.32 Å². The number of carbonyl (C=O) groups excluding carboxylic acids is 1. The minimum atomic E-state index is -3.64. The number of fused-ring (bicyclic) bond motifs is 1. The molecule has 1 aliphatic rings. The second-order valence-electron chi connectivity index (χ2n) is 7.76. The number of benzene rings is 2. The molecule has 1 saturated heterocycles. The van der Waals surface area contributed by atoms with Gasteiger partial charge in [0.25, 0.3) is 5.91 Å². The van der Waals surface area contributed by atoms with Crippen LogP contribution in [0.25, 0.3) is 10.1 Å². The predicted molar refractivity (Wildman–Crippen MR) is 124 cm³/mol. The lowest BCUT2D eigenvalue weighted by molar-refractivity contribution is 0.102. The number of nitrogens with zero attached hydrogens (tertiary/aromatic N) is 1. The zero-order valence-electron chi connectivity index (χ0n) is 17.8. The van der Waals surface area contributed by atoms with Crippen LogP contribution in [-0.2, 0) is 21.4 Å². The Kier molecular flexibility index (Phi) is 6.90. The largest absolute Gasteiger partial charge is 0.380 e. The van der Waals surface area contributed by atoms with Crippen LogP contribution in [-0.4, -0.2) is 38.8 Å². The second-order valence-corrected chi connectivity index (χ2v) is 10.7. The Balaban J connectivity index is 1.62. The van der Waals surface area contributed by atoms with Gasteiger partial charge in [-0.05, 0) is 43.2 Å². The van der Waals surface area contributed by atoms with Crippen molar-refractivity contribution in [2.45, 2.75) is 37.2 Å². The molecule has 2 aromatic carbocycles. The Hall–Kier alpha value is -2.33. The van der Waals surface area contributed by atoms with Gasteiger partial charge in [0.1, 0.15) is 5.82 Å². The maximum Gasteiger partial charge on any atom is 0.266 e. The van der Waals surface area contributed by atoms with Gasteiger partial charge in [0, 0.05) is 41.5 Å². The molecule has 1 N–H and O–H groups in total. The molecule has 9 heteroatoms. The molecule has 1 aliphatic heterocycles. The van der Waals surface area contributed by atoms with Crippen molar-refractivity contribution in [3.63, 3.8) is 0 Å². The Morgan fingerprint density at radius 2 is 1.84 bits per heavy atom. The summed E-state index contributed by atoms with van der Waals surface area (Å²) in [6, 6.07) is 11.0. The lowest BCUT2D eigenvalue weighted by Crippen LogP contribution is -2.32. The minimum Gasteiger partial charge on any atom is -0.380 e. The number of rotatable bonds is 6. The van der Waals surface area contributed by atoms with E-state index in [-0.39, 0.29) is 11.5 Å². The van der Waals surface area contributed by atoms with Crippen molar-refractivity contribution in [3.8, 4) is 0 Å². The van der Waals surface area contributed by atoms with Crippen LogP contribution < -0.4 is 5.32 Å². The van der Waals surface area contributed by atoms with E-state index in [0.29, 0.717) is 39.3 Å². The molecule has 32 heavy (non-hydrogen) atoms. The van der Waals surface area contributed by atoms with Gasteiger partial charge in [-0.25, -0.2) is 12.8 Å². The molecule has 0 bridgehead atoms. The van der Waals surface area contributed by atoms with Gasteiger partial charge >= 0.3 is 0 Å². The molecule has 1 fully saturated rings. The van der Waals surface area contributed by atoms with E-state index >= 15 is 0 Å². The molecule has 170 valence electrons. The van der Waals surface area contributed by atoms with Gasteiger partial charge in [0.05, 0.1) is 16.4 Å². The number of halogens is 1. The highest BCUT2D eigenvalue weighted by atomic mass is 32.2. The first kappa shape index (κ1) is 22.8. The number of sulfonamides is 1. The minimum absolute atomic E-state index is 0.0903. The molecular weight excluding hydrogens is 451 g/mol. The first-order valence-corrected chi connectivity index (χ1v) is 12.8. The number of anilines is 1. The smallest absolute Gasteiger partial charge is 0.266 e. The molecule has 0 spiro atoms. The fraction of sp³-hybridized carbons (Fsp3) is 0.348. The van der Waals surface area contributed by atoms with Crippen LogP contribution in [0, 0.1) is 5.82 Å². The number of ether oxygens (including phenoxy) is 1. The number of thiophene rings is 1. The van der Waals surface area contributed by atoms with E-state index in [9.17, 15) is 17.6 Å². The lowest BCUT2D eigenvalue weighted by atomic mass is 10.1. The van der Waals surface area contributed by atoms with Gasteiger partial charge < -0.3 is 10.1 Å². The Morgan fingerprint density at radius 1 is 1.12 bits per heavy atom. The van der Waals surface area contributed by atoms with Crippen molar-refractivity contribution in [2.75, 3.05) is 25.5 Å². The lowest BCUT2D eigenvalue weighted by Gasteiger charge is -2.20. The number of carbonyl (C=O) groups is 1. The summed E-state index contributed by atoms with van der Waals surface area (Å²) in [6.07, 6.45) is 3.75. The maximum absolute atomic E-state index is 14.4. The summed E-state index contributed by atoms with van der Waals surface area (Å²) in [4.78, 5) is 13.6. The summed E-state index contributed by atoms with van der Waals surface area (Å²) in [5, 5.41) is 3.15. The number of hydrogen-bond acceptors (Lipinski definition) is 5. The van der Waals surface area contributed by atoms with Crippen LogP contribution in [0.3, 0.4) is 0 Å². The first-order chi connectivity index (χ1) is 15.4. The van der Waals surface area contributed by atoms with Crippen LogP contribution in [0.1, 0.15) is 40.9 Å². The summed E-state index contributed by atoms with van der Waals surface area (Å²) < 4.78 is 48.0. The van der Waals surface area contributed by atoms with Crippen LogP contribution >= 0.6 is 11.3 Å². The van der Waals surface area contributed by atoms with Gasteiger partial charge in [-0.2, -0.15) is 4.31 Å². The molecule has 1 aromatic heterocycles. The van der Waals surface area contributed by atoms with Crippen molar-refractivity contribution < 1.29 is 22.3 Å². The average molecular weight is 477 g/mol. The topological polar surface area (TPSA) is 75.7 Å². The third-order valence-electron chi connectivity index (χ3n) is 5.55. The number of hydrogen-bond donors (Lipinski definition) is 1. The zero-order valence-corrected chi connectivity index (χ0v) is 19.4. The summed E-state index contributed by atoms with van der Waals surface area (Å²) in [5.74, 6) is -0.836. The number of methoxy groups -OCH3 is 1.